The van der Waals surface area contributed by atoms with Crippen molar-refractivity contribution in [3.8, 4) is 0 Å². The summed E-state index contributed by atoms with van der Waals surface area (Å²) in [7, 11) is 0. The van der Waals surface area contributed by atoms with E-state index in [0.29, 0.717) is 12.1 Å². The Morgan fingerprint density at radius 1 is 1.25 bits per heavy atom. The highest BCUT2D eigenvalue weighted by molar-refractivity contribution is 9.10. The van der Waals surface area contributed by atoms with Crippen LogP contribution in [0, 0.1) is 5.82 Å². The number of nitrogens with zero attached hydrogens (tertiary/aromatic N) is 1. The maximum atomic E-state index is 13.4. The molecule has 0 aliphatic heterocycles. The molecule has 0 fully saturated rings. The van der Waals surface area contributed by atoms with Crippen LogP contribution in [0.1, 0.15) is 5.56 Å². The number of hydrogen-bond donors (Lipinski definition) is 1. The van der Waals surface area contributed by atoms with Crippen molar-refractivity contribution in [1.82, 2.24) is 4.98 Å². The van der Waals surface area contributed by atoms with Gasteiger partial charge in [-0.2, -0.15) is 0 Å². The van der Waals surface area contributed by atoms with Crippen LogP contribution in [0.15, 0.2) is 47.1 Å². The molecule has 1 aromatic carbocycles. The average Bonchev–Trinajstić information content (AvgIpc) is 2.32. The lowest BCUT2D eigenvalue weighted by molar-refractivity contribution is 0.612. The Morgan fingerprint density at radius 2 is 2.12 bits per heavy atom. The van der Waals surface area contributed by atoms with Crippen LogP contribution in [0.3, 0.4) is 0 Å². The summed E-state index contributed by atoms with van der Waals surface area (Å²) in [5, 5.41) is 3.06. The normalized spacial score (nSPS) is 10.1. The zero-order valence-corrected chi connectivity index (χ0v) is 10.0. The van der Waals surface area contributed by atoms with Crippen molar-refractivity contribution in [2.24, 2.45) is 0 Å². The Kier molecular flexibility index (Phi) is 3.51. The fourth-order valence-electron chi connectivity index (χ4n) is 1.33. The summed E-state index contributed by atoms with van der Waals surface area (Å²) in [5.41, 5.74) is 0.611. The Labute approximate surface area is 102 Å². The molecular weight excluding hydrogens is 271 g/mol. The number of pyridine rings is 1. The molecular formula is C12H10BrFN2. The van der Waals surface area contributed by atoms with Crippen molar-refractivity contribution < 1.29 is 4.39 Å². The van der Waals surface area contributed by atoms with E-state index in [4.69, 9.17) is 0 Å². The minimum absolute atomic E-state index is 0.216. The van der Waals surface area contributed by atoms with Crippen molar-refractivity contribution in [1.29, 1.82) is 0 Å². The van der Waals surface area contributed by atoms with Gasteiger partial charge in [0.2, 0.25) is 0 Å². The smallest absolute Gasteiger partial charge is 0.128 e. The average molecular weight is 281 g/mol. The summed E-state index contributed by atoms with van der Waals surface area (Å²) in [4.78, 5) is 4.10. The second-order valence-corrected chi connectivity index (χ2v) is 4.22. The van der Waals surface area contributed by atoms with Gasteiger partial charge in [-0.15, -0.1) is 0 Å². The molecule has 0 unspecified atom stereocenters. The van der Waals surface area contributed by atoms with Gasteiger partial charge in [0.1, 0.15) is 11.6 Å². The molecule has 82 valence electrons. The molecule has 0 atom stereocenters. The third-order valence-corrected chi connectivity index (χ3v) is 2.63. The van der Waals surface area contributed by atoms with Crippen LogP contribution in [0.2, 0.25) is 0 Å². The first-order valence-electron chi connectivity index (χ1n) is 4.84. The summed E-state index contributed by atoms with van der Waals surface area (Å²) >= 11 is 3.31. The van der Waals surface area contributed by atoms with E-state index in [2.05, 4.69) is 26.2 Å². The third-order valence-electron chi connectivity index (χ3n) is 2.13. The number of benzene rings is 1. The quantitative estimate of drug-likeness (QED) is 0.929. The predicted molar refractivity (Wildman–Crippen MR) is 65.7 cm³/mol. The van der Waals surface area contributed by atoms with Crippen molar-refractivity contribution in [3.05, 3.63) is 58.4 Å². The highest BCUT2D eigenvalue weighted by Crippen LogP contribution is 2.16. The van der Waals surface area contributed by atoms with Gasteiger partial charge >= 0.3 is 0 Å². The van der Waals surface area contributed by atoms with Crippen molar-refractivity contribution in [2.45, 2.75) is 6.54 Å². The van der Waals surface area contributed by atoms with Crippen molar-refractivity contribution in [3.63, 3.8) is 0 Å². The first-order valence-corrected chi connectivity index (χ1v) is 5.64. The first kappa shape index (κ1) is 11.1. The molecule has 1 N–H and O–H groups in total. The lowest BCUT2D eigenvalue weighted by Crippen LogP contribution is -2.02. The van der Waals surface area contributed by atoms with Crippen LogP contribution >= 0.6 is 15.9 Å². The molecule has 2 aromatic rings. The second-order valence-electron chi connectivity index (χ2n) is 3.30. The molecule has 4 heteroatoms. The molecule has 0 bridgehead atoms. The molecule has 0 aliphatic carbocycles. The topological polar surface area (TPSA) is 24.9 Å². The zero-order valence-electron chi connectivity index (χ0n) is 8.45. The van der Waals surface area contributed by atoms with Crippen molar-refractivity contribution >= 4 is 21.7 Å². The van der Waals surface area contributed by atoms with Gasteiger partial charge in [0.05, 0.1) is 0 Å². The molecule has 16 heavy (non-hydrogen) atoms. The standard InChI is InChI=1S/C12H10BrFN2/c13-10-4-5-11(14)9(7-10)8-16-12-3-1-2-6-15-12/h1-7H,8H2,(H,15,16). The molecule has 0 radical (unpaired) electrons. The monoisotopic (exact) mass is 280 g/mol. The predicted octanol–water partition coefficient (Wildman–Crippen LogP) is 3.60. The van der Waals surface area contributed by atoms with Crippen LogP contribution in [-0.4, -0.2) is 4.98 Å². The van der Waals surface area contributed by atoms with Crippen LogP contribution in [0.25, 0.3) is 0 Å². The Bertz CT molecular complexity index is 474. The Balaban J connectivity index is 2.08. The van der Waals surface area contributed by atoms with Gasteiger partial charge in [-0.3, -0.25) is 0 Å². The summed E-state index contributed by atoms with van der Waals surface area (Å²) in [6.07, 6.45) is 1.69. The molecule has 0 spiro atoms. The van der Waals surface area contributed by atoms with Gasteiger partial charge in [-0.05, 0) is 30.3 Å². The van der Waals surface area contributed by atoms with E-state index >= 15 is 0 Å². The van der Waals surface area contributed by atoms with Gasteiger partial charge < -0.3 is 5.32 Å². The highest BCUT2D eigenvalue weighted by Gasteiger charge is 2.02. The lowest BCUT2D eigenvalue weighted by Gasteiger charge is -2.06. The van der Waals surface area contributed by atoms with Crippen LogP contribution in [0.4, 0.5) is 10.2 Å². The first-order chi connectivity index (χ1) is 7.75. The fourth-order valence-corrected chi connectivity index (χ4v) is 1.74. The van der Waals surface area contributed by atoms with E-state index in [0.717, 1.165) is 10.3 Å². The van der Waals surface area contributed by atoms with E-state index in [1.54, 1.807) is 18.3 Å². The largest absolute Gasteiger partial charge is 0.366 e. The van der Waals surface area contributed by atoms with Crippen LogP contribution in [0.5, 0.6) is 0 Å². The van der Waals surface area contributed by atoms with Gasteiger partial charge in [-0.1, -0.05) is 22.0 Å². The molecule has 0 saturated heterocycles. The molecule has 1 heterocycles. The van der Waals surface area contributed by atoms with Gasteiger partial charge in [0.15, 0.2) is 0 Å². The lowest BCUT2D eigenvalue weighted by atomic mass is 10.2. The number of aromatic nitrogens is 1. The summed E-state index contributed by atoms with van der Waals surface area (Å²) in [5.74, 6) is 0.522. The molecule has 2 nitrogen and oxygen atoms in total. The Hall–Kier alpha value is -1.42. The van der Waals surface area contributed by atoms with E-state index < -0.39 is 0 Å². The third kappa shape index (κ3) is 2.79. The number of anilines is 1. The van der Waals surface area contributed by atoms with E-state index in [9.17, 15) is 4.39 Å². The van der Waals surface area contributed by atoms with Crippen LogP contribution in [-0.2, 0) is 6.54 Å². The molecule has 2 rings (SSSR count). The van der Waals surface area contributed by atoms with Crippen molar-refractivity contribution in [2.75, 3.05) is 5.32 Å². The summed E-state index contributed by atoms with van der Waals surface area (Å²) in [6.45, 7) is 0.419. The molecule has 0 amide bonds. The fraction of sp³-hybridized carbons (Fsp3) is 0.0833. The number of halogens is 2. The maximum absolute atomic E-state index is 13.4. The van der Waals surface area contributed by atoms with Gasteiger partial charge in [0.25, 0.3) is 0 Å². The minimum atomic E-state index is -0.216. The maximum Gasteiger partial charge on any atom is 0.128 e. The Morgan fingerprint density at radius 3 is 2.88 bits per heavy atom. The van der Waals surface area contributed by atoms with E-state index in [1.165, 1.54) is 6.07 Å². The van der Waals surface area contributed by atoms with Crippen LogP contribution < -0.4 is 5.32 Å². The molecule has 0 aliphatic rings. The number of nitrogens with one attached hydrogen (secondary N) is 1. The summed E-state index contributed by atoms with van der Waals surface area (Å²) < 4.78 is 14.3. The molecule has 1 aromatic heterocycles. The SMILES string of the molecule is Fc1ccc(Br)cc1CNc1ccccn1. The second kappa shape index (κ2) is 5.07. The summed E-state index contributed by atoms with van der Waals surface area (Å²) in [6, 6.07) is 10.4. The zero-order chi connectivity index (χ0) is 11.4. The number of rotatable bonds is 3. The highest BCUT2D eigenvalue weighted by atomic mass is 79.9. The van der Waals surface area contributed by atoms with E-state index in [-0.39, 0.29) is 5.82 Å². The van der Waals surface area contributed by atoms with Gasteiger partial charge in [-0.25, -0.2) is 9.37 Å². The molecule has 0 saturated carbocycles. The minimum Gasteiger partial charge on any atom is -0.366 e. The number of hydrogen-bond acceptors (Lipinski definition) is 2. The van der Waals surface area contributed by atoms with E-state index in [1.807, 2.05) is 18.2 Å². The van der Waals surface area contributed by atoms with Gasteiger partial charge in [0, 0.05) is 22.8 Å².